The second kappa shape index (κ2) is 5.82. The number of anilines is 1. The Labute approximate surface area is 106 Å². The Morgan fingerprint density at radius 2 is 1.94 bits per heavy atom. The Kier molecular flexibility index (Phi) is 3.91. The summed E-state index contributed by atoms with van der Waals surface area (Å²) in [7, 11) is 1.58. The zero-order chi connectivity index (χ0) is 12.8. The molecule has 0 spiro atoms. The molecule has 0 fully saturated rings. The van der Waals surface area contributed by atoms with Crippen molar-refractivity contribution >= 4 is 11.6 Å². The first-order valence-electron chi connectivity index (χ1n) is 5.61. The summed E-state index contributed by atoms with van der Waals surface area (Å²) in [6.07, 6.45) is 3.66. The zero-order valence-electron chi connectivity index (χ0n) is 10.1. The largest absolute Gasteiger partial charge is 0.495 e. The summed E-state index contributed by atoms with van der Waals surface area (Å²) < 4.78 is 5.17. The number of benzene rings is 1. The van der Waals surface area contributed by atoms with Gasteiger partial charge >= 0.3 is 0 Å². The number of nitrogens with zero attached hydrogens (tertiary/aromatic N) is 1. The van der Waals surface area contributed by atoms with Gasteiger partial charge in [-0.2, -0.15) is 0 Å². The number of methoxy groups -OCH3 is 1. The van der Waals surface area contributed by atoms with Crippen molar-refractivity contribution < 1.29 is 9.53 Å². The van der Waals surface area contributed by atoms with Gasteiger partial charge in [-0.1, -0.05) is 12.1 Å². The van der Waals surface area contributed by atoms with Gasteiger partial charge in [0.1, 0.15) is 5.75 Å². The van der Waals surface area contributed by atoms with Crippen molar-refractivity contribution in [3.8, 4) is 5.75 Å². The minimum absolute atomic E-state index is 0.0781. The fourth-order valence-corrected chi connectivity index (χ4v) is 1.63. The lowest BCUT2D eigenvalue weighted by atomic mass is 10.2. The van der Waals surface area contributed by atoms with E-state index in [9.17, 15) is 4.79 Å². The number of ether oxygens (including phenoxy) is 1. The second-order valence-corrected chi connectivity index (χ2v) is 3.78. The highest BCUT2D eigenvalue weighted by Gasteiger charge is 2.07. The minimum Gasteiger partial charge on any atom is -0.495 e. The lowest BCUT2D eigenvalue weighted by Gasteiger charge is -2.09. The molecule has 0 aliphatic heterocycles. The molecule has 92 valence electrons. The highest BCUT2D eigenvalue weighted by molar-refractivity contribution is 5.93. The summed E-state index contributed by atoms with van der Waals surface area (Å²) in [6, 6.07) is 11.0. The third-order valence-corrected chi connectivity index (χ3v) is 2.50. The molecule has 1 N–H and O–H groups in total. The molecule has 1 aromatic heterocycles. The standard InChI is InChI=1S/C14H14N2O2/c1-18-13-5-3-2-4-12(13)16-14(17)10-11-6-8-15-9-7-11/h2-9H,10H2,1H3,(H,16,17). The first kappa shape index (κ1) is 12.1. The molecule has 0 atom stereocenters. The number of amides is 1. The molecular formula is C14H14N2O2. The van der Waals surface area contributed by atoms with Gasteiger partial charge in [-0.15, -0.1) is 0 Å². The Bertz CT molecular complexity index is 526. The highest BCUT2D eigenvalue weighted by atomic mass is 16.5. The molecule has 1 aromatic carbocycles. The van der Waals surface area contributed by atoms with Crippen molar-refractivity contribution in [2.24, 2.45) is 0 Å². The van der Waals surface area contributed by atoms with E-state index in [2.05, 4.69) is 10.3 Å². The third-order valence-electron chi connectivity index (χ3n) is 2.50. The maximum atomic E-state index is 11.9. The van der Waals surface area contributed by atoms with Crippen LogP contribution in [-0.4, -0.2) is 18.0 Å². The van der Waals surface area contributed by atoms with E-state index in [1.54, 1.807) is 19.5 Å². The first-order valence-corrected chi connectivity index (χ1v) is 5.61. The van der Waals surface area contributed by atoms with Gasteiger partial charge in [0.05, 0.1) is 19.2 Å². The van der Waals surface area contributed by atoms with E-state index in [1.165, 1.54) is 0 Å². The number of hydrogen-bond donors (Lipinski definition) is 1. The molecule has 0 unspecified atom stereocenters. The van der Waals surface area contributed by atoms with Gasteiger partial charge in [-0.25, -0.2) is 0 Å². The van der Waals surface area contributed by atoms with E-state index >= 15 is 0 Å². The van der Waals surface area contributed by atoms with Crippen molar-refractivity contribution in [3.05, 3.63) is 54.4 Å². The predicted octanol–water partition coefficient (Wildman–Crippen LogP) is 2.27. The molecule has 4 heteroatoms. The molecule has 4 nitrogen and oxygen atoms in total. The molecule has 0 aliphatic rings. The fraction of sp³-hybridized carbons (Fsp3) is 0.143. The van der Waals surface area contributed by atoms with Crippen LogP contribution in [0.15, 0.2) is 48.8 Å². The number of aromatic nitrogens is 1. The van der Waals surface area contributed by atoms with Gasteiger partial charge in [-0.3, -0.25) is 9.78 Å². The SMILES string of the molecule is COc1ccccc1NC(=O)Cc1ccncc1. The Hall–Kier alpha value is -2.36. The van der Waals surface area contributed by atoms with Crippen LogP contribution < -0.4 is 10.1 Å². The lowest BCUT2D eigenvalue weighted by Crippen LogP contribution is -2.14. The van der Waals surface area contributed by atoms with Crippen molar-refractivity contribution in [1.82, 2.24) is 4.98 Å². The van der Waals surface area contributed by atoms with E-state index < -0.39 is 0 Å². The molecule has 1 heterocycles. The number of pyridine rings is 1. The fourth-order valence-electron chi connectivity index (χ4n) is 1.63. The van der Waals surface area contributed by atoms with Crippen LogP contribution in [0.1, 0.15) is 5.56 Å². The molecule has 0 radical (unpaired) electrons. The van der Waals surface area contributed by atoms with Gasteiger partial charge in [0.2, 0.25) is 5.91 Å². The smallest absolute Gasteiger partial charge is 0.228 e. The molecule has 18 heavy (non-hydrogen) atoms. The average Bonchev–Trinajstić information content (AvgIpc) is 2.40. The molecule has 0 aliphatic carbocycles. The Balaban J connectivity index is 2.03. The van der Waals surface area contributed by atoms with Gasteiger partial charge in [-0.05, 0) is 29.8 Å². The van der Waals surface area contributed by atoms with Crippen molar-refractivity contribution in [2.45, 2.75) is 6.42 Å². The van der Waals surface area contributed by atoms with E-state index in [-0.39, 0.29) is 5.91 Å². The van der Waals surface area contributed by atoms with E-state index in [4.69, 9.17) is 4.74 Å². The van der Waals surface area contributed by atoms with Crippen molar-refractivity contribution in [3.63, 3.8) is 0 Å². The number of hydrogen-bond acceptors (Lipinski definition) is 3. The third kappa shape index (κ3) is 3.07. The molecule has 0 saturated heterocycles. The molecule has 0 saturated carbocycles. The molecule has 2 rings (SSSR count). The van der Waals surface area contributed by atoms with Crippen LogP contribution in [0.2, 0.25) is 0 Å². The van der Waals surface area contributed by atoms with Crippen molar-refractivity contribution in [2.75, 3.05) is 12.4 Å². The maximum absolute atomic E-state index is 11.9. The van der Waals surface area contributed by atoms with Crippen LogP contribution in [0.4, 0.5) is 5.69 Å². The zero-order valence-corrected chi connectivity index (χ0v) is 10.1. The Morgan fingerprint density at radius 1 is 1.22 bits per heavy atom. The van der Waals surface area contributed by atoms with Crippen LogP contribution in [0.3, 0.4) is 0 Å². The molecule has 0 bridgehead atoms. The lowest BCUT2D eigenvalue weighted by molar-refractivity contribution is -0.115. The Morgan fingerprint density at radius 3 is 2.67 bits per heavy atom. The van der Waals surface area contributed by atoms with Gasteiger partial charge in [0, 0.05) is 12.4 Å². The summed E-state index contributed by atoms with van der Waals surface area (Å²) in [5.74, 6) is 0.575. The predicted molar refractivity (Wildman–Crippen MR) is 69.6 cm³/mol. The summed E-state index contributed by atoms with van der Waals surface area (Å²) >= 11 is 0. The molecule has 2 aromatic rings. The number of rotatable bonds is 4. The number of para-hydroxylation sites is 2. The van der Waals surface area contributed by atoms with Crippen LogP contribution >= 0.6 is 0 Å². The molecular weight excluding hydrogens is 228 g/mol. The van der Waals surface area contributed by atoms with Gasteiger partial charge in [0.15, 0.2) is 0 Å². The van der Waals surface area contributed by atoms with Crippen LogP contribution in [0, 0.1) is 0 Å². The summed E-state index contributed by atoms with van der Waals surface area (Å²) in [5, 5.41) is 2.83. The summed E-state index contributed by atoms with van der Waals surface area (Å²) in [6.45, 7) is 0. The van der Waals surface area contributed by atoms with Crippen LogP contribution in [0.5, 0.6) is 5.75 Å². The van der Waals surface area contributed by atoms with Crippen molar-refractivity contribution in [1.29, 1.82) is 0 Å². The number of carbonyl (C=O) groups excluding carboxylic acids is 1. The highest BCUT2D eigenvalue weighted by Crippen LogP contribution is 2.23. The van der Waals surface area contributed by atoms with E-state index in [0.717, 1.165) is 5.56 Å². The summed E-state index contributed by atoms with van der Waals surface area (Å²) in [4.78, 5) is 15.8. The van der Waals surface area contributed by atoms with Crippen LogP contribution in [0.25, 0.3) is 0 Å². The van der Waals surface area contributed by atoms with E-state index in [0.29, 0.717) is 17.9 Å². The van der Waals surface area contributed by atoms with Gasteiger partial charge in [0.25, 0.3) is 0 Å². The topological polar surface area (TPSA) is 51.2 Å². The maximum Gasteiger partial charge on any atom is 0.228 e. The second-order valence-electron chi connectivity index (χ2n) is 3.78. The van der Waals surface area contributed by atoms with E-state index in [1.807, 2.05) is 36.4 Å². The monoisotopic (exact) mass is 242 g/mol. The quantitative estimate of drug-likeness (QED) is 0.894. The average molecular weight is 242 g/mol. The van der Waals surface area contributed by atoms with Crippen LogP contribution in [-0.2, 0) is 11.2 Å². The minimum atomic E-state index is -0.0781. The first-order chi connectivity index (χ1) is 8.79. The normalized spacial score (nSPS) is 9.83. The number of carbonyl (C=O) groups is 1. The molecule has 1 amide bonds. The summed E-state index contributed by atoms with van der Waals surface area (Å²) in [5.41, 5.74) is 1.61. The number of nitrogens with one attached hydrogen (secondary N) is 1. The van der Waals surface area contributed by atoms with Gasteiger partial charge < -0.3 is 10.1 Å².